The van der Waals surface area contributed by atoms with Gasteiger partial charge in [-0.3, -0.25) is 9.59 Å². The van der Waals surface area contributed by atoms with Gasteiger partial charge in [-0.15, -0.1) is 0 Å². The smallest absolute Gasteiger partial charge is 0.255 e. The van der Waals surface area contributed by atoms with Crippen molar-refractivity contribution in [2.45, 2.75) is 26.2 Å². The number of nitrogens with one attached hydrogen (secondary N) is 1. The molecule has 1 heterocycles. The number of hydrogen-bond donors (Lipinski definition) is 1. The fourth-order valence-electron chi connectivity index (χ4n) is 2.86. The molecule has 0 saturated carbocycles. The number of carbonyl (C=O) groups is 2. The van der Waals surface area contributed by atoms with E-state index in [1.807, 2.05) is 24.0 Å². The van der Waals surface area contributed by atoms with Crippen molar-refractivity contribution in [3.05, 3.63) is 65.2 Å². The summed E-state index contributed by atoms with van der Waals surface area (Å²) in [5, 5.41) is 2.83. The van der Waals surface area contributed by atoms with E-state index in [-0.39, 0.29) is 11.8 Å². The summed E-state index contributed by atoms with van der Waals surface area (Å²) in [6.45, 7) is 3.59. The number of nitrogens with zero attached hydrogens (tertiary/aromatic N) is 1. The Morgan fingerprint density at radius 1 is 1.00 bits per heavy atom. The van der Waals surface area contributed by atoms with Crippen molar-refractivity contribution < 1.29 is 9.59 Å². The number of amides is 2. The highest BCUT2D eigenvalue weighted by Gasteiger charge is 2.18. The summed E-state index contributed by atoms with van der Waals surface area (Å²) in [5.41, 5.74) is 2.85. The molecule has 0 aliphatic carbocycles. The second-order valence-corrected chi connectivity index (χ2v) is 6.18. The molecule has 2 amide bonds. The average Bonchev–Trinajstić information content (AvgIpc) is 2.62. The summed E-state index contributed by atoms with van der Waals surface area (Å²) >= 11 is 0. The Morgan fingerprint density at radius 3 is 2.42 bits per heavy atom. The van der Waals surface area contributed by atoms with Gasteiger partial charge < -0.3 is 10.2 Å². The molecule has 2 aromatic rings. The summed E-state index contributed by atoms with van der Waals surface area (Å²) in [7, 11) is 0. The molecule has 1 aliphatic heterocycles. The van der Waals surface area contributed by atoms with Crippen LogP contribution in [0, 0.1) is 13.0 Å². The van der Waals surface area contributed by atoms with Gasteiger partial charge in [-0.05, 0) is 62.6 Å². The molecule has 1 aliphatic rings. The minimum absolute atomic E-state index is 0.0115. The summed E-state index contributed by atoms with van der Waals surface area (Å²) < 4.78 is 0. The third-order valence-corrected chi connectivity index (χ3v) is 4.25. The van der Waals surface area contributed by atoms with E-state index in [1.165, 1.54) is 6.42 Å². The van der Waals surface area contributed by atoms with Gasteiger partial charge in [0.2, 0.25) is 0 Å². The van der Waals surface area contributed by atoms with E-state index >= 15 is 0 Å². The maximum Gasteiger partial charge on any atom is 0.255 e. The number of rotatable bonds is 3. The van der Waals surface area contributed by atoms with Crippen molar-refractivity contribution in [3.63, 3.8) is 0 Å². The number of hydrogen-bond acceptors (Lipinski definition) is 2. The molecular weight excluding hydrogens is 300 g/mol. The van der Waals surface area contributed by atoms with E-state index in [4.69, 9.17) is 0 Å². The van der Waals surface area contributed by atoms with Gasteiger partial charge in [0.1, 0.15) is 0 Å². The molecule has 24 heavy (non-hydrogen) atoms. The van der Waals surface area contributed by atoms with Crippen molar-refractivity contribution >= 4 is 17.5 Å². The van der Waals surface area contributed by atoms with E-state index in [2.05, 4.69) is 11.4 Å². The lowest BCUT2D eigenvalue weighted by atomic mass is 10.1. The maximum absolute atomic E-state index is 12.5. The summed E-state index contributed by atoms with van der Waals surface area (Å²) in [6.07, 6.45) is 3.29. The Labute approximate surface area is 142 Å². The van der Waals surface area contributed by atoms with Crippen molar-refractivity contribution in [2.75, 3.05) is 18.4 Å². The van der Waals surface area contributed by atoms with E-state index in [0.29, 0.717) is 16.8 Å². The Hall–Kier alpha value is -2.62. The normalized spacial score (nSPS) is 14.3. The monoisotopic (exact) mass is 321 g/mol. The molecule has 4 nitrogen and oxygen atoms in total. The molecular formula is C20H21N2O2. The van der Waals surface area contributed by atoms with E-state index < -0.39 is 0 Å². The first-order valence-electron chi connectivity index (χ1n) is 8.32. The lowest BCUT2D eigenvalue weighted by molar-refractivity contribution is 0.0724. The maximum atomic E-state index is 12.5. The lowest BCUT2D eigenvalue weighted by Gasteiger charge is -2.26. The van der Waals surface area contributed by atoms with Gasteiger partial charge in [0, 0.05) is 29.9 Å². The van der Waals surface area contributed by atoms with Crippen LogP contribution in [0.2, 0.25) is 0 Å². The number of piperidine rings is 1. The fraction of sp³-hybridized carbons (Fsp3) is 0.300. The number of aryl methyl sites for hydroxylation is 1. The summed E-state index contributed by atoms with van der Waals surface area (Å²) in [6, 6.07) is 15.4. The quantitative estimate of drug-likeness (QED) is 0.937. The van der Waals surface area contributed by atoms with E-state index in [1.54, 1.807) is 30.3 Å². The van der Waals surface area contributed by atoms with Crippen LogP contribution in [-0.4, -0.2) is 29.8 Å². The first-order chi connectivity index (χ1) is 11.6. The molecule has 0 aromatic heterocycles. The molecule has 0 spiro atoms. The highest BCUT2D eigenvalue weighted by molar-refractivity contribution is 6.05. The molecule has 0 unspecified atom stereocenters. The lowest BCUT2D eigenvalue weighted by Crippen LogP contribution is -2.35. The van der Waals surface area contributed by atoms with Crippen LogP contribution >= 0.6 is 0 Å². The van der Waals surface area contributed by atoms with Gasteiger partial charge in [-0.25, -0.2) is 0 Å². The zero-order valence-electron chi connectivity index (χ0n) is 13.8. The minimum atomic E-state index is -0.189. The highest BCUT2D eigenvalue weighted by atomic mass is 16.2. The molecule has 2 aromatic carbocycles. The molecule has 1 saturated heterocycles. The Bertz CT molecular complexity index is 732. The van der Waals surface area contributed by atoms with Crippen LogP contribution in [0.25, 0.3) is 0 Å². The van der Waals surface area contributed by atoms with Crippen LogP contribution in [0.5, 0.6) is 0 Å². The predicted octanol–water partition coefficient (Wildman–Crippen LogP) is 3.67. The molecule has 3 rings (SSSR count). The second-order valence-electron chi connectivity index (χ2n) is 6.18. The SMILES string of the molecule is Cc1ccc(C(=O)Nc2c[c]cc(C(=O)N3CCCCC3)c2)cc1. The third-order valence-electron chi connectivity index (χ3n) is 4.25. The highest BCUT2D eigenvalue weighted by Crippen LogP contribution is 2.17. The third kappa shape index (κ3) is 3.82. The topological polar surface area (TPSA) is 49.4 Å². The molecule has 4 heteroatoms. The first-order valence-corrected chi connectivity index (χ1v) is 8.32. The van der Waals surface area contributed by atoms with Gasteiger partial charge in [0.15, 0.2) is 0 Å². The van der Waals surface area contributed by atoms with Gasteiger partial charge in [-0.2, -0.15) is 0 Å². The van der Waals surface area contributed by atoms with Gasteiger partial charge in [-0.1, -0.05) is 17.7 Å². The second kappa shape index (κ2) is 7.30. The molecule has 1 fully saturated rings. The standard InChI is InChI=1S/C20H21N2O2/c1-15-8-10-16(11-9-15)19(23)21-18-7-5-6-17(14-18)20(24)22-12-3-2-4-13-22/h6-11,14H,2-4,12-13H2,1H3,(H,21,23). The van der Waals surface area contributed by atoms with Gasteiger partial charge in [0.25, 0.3) is 11.8 Å². The van der Waals surface area contributed by atoms with Crippen LogP contribution in [0.3, 0.4) is 0 Å². The van der Waals surface area contributed by atoms with E-state index in [0.717, 1.165) is 31.5 Å². The minimum Gasteiger partial charge on any atom is -0.339 e. The first kappa shape index (κ1) is 16.2. The number of benzene rings is 2. The van der Waals surface area contributed by atoms with Crippen molar-refractivity contribution in [2.24, 2.45) is 0 Å². The van der Waals surface area contributed by atoms with Crippen LogP contribution in [0.1, 0.15) is 45.5 Å². The Kier molecular flexibility index (Phi) is 4.94. The van der Waals surface area contributed by atoms with Gasteiger partial charge in [0.05, 0.1) is 0 Å². The fourth-order valence-corrected chi connectivity index (χ4v) is 2.86. The van der Waals surface area contributed by atoms with E-state index in [9.17, 15) is 9.59 Å². The Balaban J connectivity index is 1.71. The van der Waals surface area contributed by atoms with Gasteiger partial charge >= 0.3 is 0 Å². The largest absolute Gasteiger partial charge is 0.339 e. The predicted molar refractivity (Wildman–Crippen MR) is 94.2 cm³/mol. The average molecular weight is 321 g/mol. The van der Waals surface area contributed by atoms with Crippen molar-refractivity contribution in [1.29, 1.82) is 0 Å². The Morgan fingerprint density at radius 2 is 1.71 bits per heavy atom. The molecule has 1 radical (unpaired) electrons. The summed E-state index contributed by atoms with van der Waals surface area (Å²) in [5.74, 6) is -0.177. The number of carbonyl (C=O) groups excluding carboxylic acids is 2. The van der Waals surface area contributed by atoms with Crippen LogP contribution < -0.4 is 5.32 Å². The zero-order valence-corrected chi connectivity index (χ0v) is 13.8. The molecule has 1 N–H and O–H groups in total. The van der Waals surface area contributed by atoms with Crippen LogP contribution in [-0.2, 0) is 0 Å². The molecule has 0 atom stereocenters. The molecule has 123 valence electrons. The van der Waals surface area contributed by atoms with Crippen LogP contribution in [0.15, 0.2) is 42.5 Å². The number of anilines is 1. The van der Waals surface area contributed by atoms with Crippen LogP contribution in [0.4, 0.5) is 5.69 Å². The molecule has 0 bridgehead atoms. The zero-order chi connectivity index (χ0) is 16.9. The number of likely N-dealkylation sites (tertiary alicyclic amines) is 1. The van der Waals surface area contributed by atoms with Crippen molar-refractivity contribution in [3.8, 4) is 0 Å². The summed E-state index contributed by atoms with van der Waals surface area (Å²) in [4.78, 5) is 26.7. The van der Waals surface area contributed by atoms with Crippen molar-refractivity contribution in [1.82, 2.24) is 4.90 Å².